The van der Waals surface area contributed by atoms with E-state index in [0.717, 1.165) is 75.1 Å². The van der Waals surface area contributed by atoms with Crippen LogP contribution in [0.25, 0.3) is 39.5 Å². The summed E-state index contributed by atoms with van der Waals surface area (Å²) in [6.07, 6.45) is 4.47. The van der Waals surface area contributed by atoms with E-state index < -0.39 is 5.54 Å². The average molecular weight is 705 g/mol. The van der Waals surface area contributed by atoms with Gasteiger partial charge in [0.25, 0.3) is 5.56 Å². The van der Waals surface area contributed by atoms with Gasteiger partial charge in [-0.1, -0.05) is 172 Å². The fourth-order valence-electron chi connectivity index (χ4n) is 7.49. The molecule has 0 unspecified atom stereocenters. The Morgan fingerprint density at radius 3 is 1.89 bits per heavy atom. The molecule has 8 rings (SSSR count). The lowest BCUT2D eigenvalue weighted by Gasteiger charge is -2.36. The van der Waals surface area contributed by atoms with E-state index in [4.69, 9.17) is 15.3 Å². The average Bonchev–Trinajstić information content (AvgIpc) is 3.73. The summed E-state index contributed by atoms with van der Waals surface area (Å²) in [6.45, 7) is 6.46. The van der Waals surface area contributed by atoms with E-state index in [-0.39, 0.29) is 5.56 Å². The van der Waals surface area contributed by atoms with Gasteiger partial charge in [-0.05, 0) is 67.9 Å². The van der Waals surface area contributed by atoms with Crippen molar-refractivity contribution in [3.63, 3.8) is 0 Å². The Labute approximate surface area is 314 Å². The van der Waals surface area contributed by atoms with Crippen molar-refractivity contribution in [2.24, 2.45) is 0 Å². The quantitative estimate of drug-likeness (QED) is 0.118. The molecule has 6 aromatic carbocycles. The van der Waals surface area contributed by atoms with Crippen LogP contribution in [0.5, 0.6) is 0 Å². The number of fused-ring (bicyclic) bond motifs is 1. The Bertz CT molecular complexity index is 2500. The third-order valence-electron chi connectivity index (χ3n) is 10.2. The number of benzene rings is 6. The van der Waals surface area contributed by atoms with Crippen LogP contribution in [0.3, 0.4) is 0 Å². The summed E-state index contributed by atoms with van der Waals surface area (Å²) in [4.78, 5) is 18.9. The van der Waals surface area contributed by atoms with Gasteiger partial charge in [-0.2, -0.15) is 0 Å². The molecule has 0 amide bonds. The first-order valence-electron chi connectivity index (χ1n) is 18.4. The molecule has 0 aliphatic heterocycles. The molecule has 0 saturated heterocycles. The summed E-state index contributed by atoms with van der Waals surface area (Å²) in [7, 11) is 0. The van der Waals surface area contributed by atoms with E-state index in [2.05, 4.69) is 128 Å². The van der Waals surface area contributed by atoms with E-state index in [0.29, 0.717) is 17.8 Å². The molecule has 0 aliphatic carbocycles. The molecule has 0 atom stereocenters. The summed E-state index contributed by atoms with van der Waals surface area (Å²) in [6, 6.07) is 53.7. The third-order valence-corrected chi connectivity index (χ3v) is 10.2. The predicted octanol–water partition coefficient (Wildman–Crippen LogP) is 9.59. The van der Waals surface area contributed by atoms with Crippen LogP contribution >= 0.6 is 0 Å². The van der Waals surface area contributed by atoms with E-state index in [1.165, 1.54) is 0 Å². The van der Waals surface area contributed by atoms with Gasteiger partial charge in [0.05, 0.1) is 17.4 Å². The van der Waals surface area contributed by atoms with Crippen LogP contribution < -0.4 is 5.56 Å². The fraction of sp³-hybridized carbons (Fsp3) is 0.128. The lowest BCUT2D eigenvalue weighted by Crippen LogP contribution is -2.39. The number of rotatable bonds is 12. The van der Waals surface area contributed by atoms with Crippen LogP contribution in [0, 0.1) is 0 Å². The van der Waals surface area contributed by atoms with Gasteiger partial charge in [0.2, 0.25) is 0 Å². The second kappa shape index (κ2) is 15.1. The first-order valence-corrected chi connectivity index (χ1v) is 18.4. The van der Waals surface area contributed by atoms with Crippen molar-refractivity contribution in [2.75, 3.05) is 0 Å². The SMILES string of the molecule is C=Cc1ccc2nc(CCCC)n(Cc3ccc(-c4ccccc4-c4nnnn4C(c4ccccc4)(c4ccccc4)c4ccccc4)cc3)c(=O)c2c1. The molecule has 54 heavy (non-hydrogen) atoms. The monoisotopic (exact) mass is 704 g/mol. The summed E-state index contributed by atoms with van der Waals surface area (Å²) < 4.78 is 3.80. The minimum atomic E-state index is -0.872. The van der Waals surface area contributed by atoms with Gasteiger partial charge in [0, 0.05) is 12.0 Å². The van der Waals surface area contributed by atoms with Crippen molar-refractivity contribution in [1.29, 1.82) is 0 Å². The molecule has 0 bridgehead atoms. The summed E-state index contributed by atoms with van der Waals surface area (Å²) in [5, 5.41) is 14.4. The van der Waals surface area contributed by atoms with Crippen LogP contribution in [-0.2, 0) is 18.5 Å². The van der Waals surface area contributed by atoms with Crippen molar-refractivity contribution < 1.29 is 0 Å². The van der Waals surface area contributed by atoms with Crippen molar-refractivity contribution in [3.8, 4) is 22.5 Å². The Morgan fingerprint density at radius 2 is 1.30 bits per heavy atom. The highest BCUT2D eigenvalue weighted by Crippen LogP contribution is 2.43. The lowest BCUT2D eigenvalue weighted by molar-refractivity contribution is 0.451. The number of aromatic nitrogens is 6. The highest BCUT2D eigenvalue weighted by molar-refractivity contribution is 5.82. The fourth-order valence-corrected chi connectivity index (χ4v) is 7.49. The van der Waals surface area contributed by atoms with E-state index >= 15 is 0 Å². The van der Waals surface area contributed by atoms with Crippen LogP contribution in [0.15, 0.2) is 169 Å². The topological polar surface area (TPSA) is 78.5 Å². The Hall–Kier alpha value is -6.73. The van der Waals surface area contributed by atoms with E-state index in [1.807, 2.05) is 57.8 Å². The normalized spacial score (nSPS) is 11.5. The van der Waals surface area contributed by atoms with Crippen molar-refractivity contribution in [1.82, 2.24) is 29.8 Å². The van der Waals surface area contributed by atoms with Gasteiger partial charge in [-0.15, -0.1) is 5.10 Å². The molecular weight excluding hydrogens is 665 g/mol. The molecule has 0 N–H and O–H groups in total. The van der Waals surface area contributed by atoms with E-state index in [9.17, 15) is 4.79 Å². The second-order valence-corrected chi connectivity index (χ2v) is 13.5. The minimum absolute atomic E-state index is 0.0326. The maximum absolute atomic E-state index is 13.9. The number of unbranched alkanes of at least 4 members (excludes halogenated alkanes) is 1. The molecule has 0 saturated carbocycles. The number of hydrogen-bond donors (Lipinski definition) is 0. The molecule has 7 nitrogen and oxygen atoms in total. The Balaban J connectivity index is 1.22. The molecule has 8 aromatic rings. The molecule has 0 aliphatic rings. The predicted molar refractivity (Wildman–Crippen MR) is 217 cm³/mol. The number of nitrogens with zero attached hydrogens (tertiary/aromatic N) is 6. The highest BCUT2D eigenvalue weighted by atomic mass is 16.1. The van der Waals surface area contributed by atoms with Gasteiger partial charge in [-0.3, -0.25) is 9.36 Å². The van der Waals surface area contributed by atoms with Crippen molar-refractivity contribution in [2.45, 2.75) is 38.3 Å². The Morgan fingerprint density at radius 1 is 0.704 bits per heavy atom. The molecule has 264 valence electrons. The first kappa shape index (κ1) is 34.4. The minimum Gasteiger partial charge on any atom is -0.292 e. The second-order valence-electron chi connectivity index (χ2n) is 13.5. The number of hydrogen-bond acceptors (Lipinski definition) is 5. The zero-order valence-electron chi connectivity index (χ0n) is 30.2. The Kier molecular flexibility index (Phi) is 9.60. The standard InChI is InChI=1S/C47H40N6O/c1-3-5-25-44-48-43-31-28-34(4-2)32-42(43)46(54)52(44)33-35-26-29-36(30-27-35)40-23-15-16-24-41(40)45-49-50-51-53(45)47(37-17-9-6-10-18-37,38-19-11-7-12-20-38)39-21-13-8-14-22-39/h4,6-24,26-32H,2-3,5,25,33H2,1H3. The maximum atomic E-state index is 13.9. The molecule has 2 heterocycles. The summed E-state index contributed by atoms with van der Waals surface area (Å²) >= 11 is 0. The smallest absolute Gasteiger partial charge is 0.261 e. The van der Waals surface area contributed by atoms with Gasteiger partial charge in [0.15, 0.2) is 5.82 Å². The molecule has 0 spiro atoms. The molecule has 2 aromatic heterocycles. The summed E-state index contributed by atoms with van der Waals surface area (Å²) in [5.41, 5.74) is 7.75. The maximum Gasteiger partial charge on any atom is 0.261 e. The van der Waals surface area contributed by atoms with E-state index in [1.54, 1.807) is 6.08 Å². The van der Waals surface area contributed by atoms with Gasteiger partial charge in [-0.25, -0.2) is 9.67 Å². The van der Waals surface area contributed by atoms with Gasteiger partial charge >= 0.3 is 0 Å². The highest BCUT2D eigenvalue weighted by Gasteiger charge is 2.42. The summed E-state index contributed by atoms with van der Waals surface area (Å²) in [5.74, 6) is 1.44. The van der Waals surface area contributed by atoms with Crippen LogP contribution in [0.1, 0.15) is 53.4 Å². The largest absolute Gasteiger partial charge is 0.292 e. The molecular formula is C47H40N6O. The lowest BCUT2D eigenvalue weighted by atomic mass is 9.77. The zero-order valence-corrected chi connectivity index (χ0v) is 30.2. The third kappa shape index (κ3) is 6.24. The van der Waals surface area contributed by atoms with Crippen molar-refractivity contribution >= 4 is 17.0 Å². The van der Waals surface area contributed by atoms with Crippen LogP contribution in [0.4, 0.5) is 0 Å². The number of aryl methyl sites for hydroxylation is 1. The van der Waals surface area contributed by atoms with Crippen LogP contribution in [0.2, 0.25) is 0 Å². The molecule has 0 radical (unpaired) electrons. The van der Waals surface area contributed by atoms with Gasteiger partial charge in [0.1, 0.15) is 11.4 Å². The van der Waals surface area contributed by atoms with Crippen LogP contribution in [-0.4, -0.2) is 29.8 Å². The van der Waals surface area contributed by atoms with Gasteiger partial charge < -0.3 is 0 Å². The first-order chi connectivity index (χ1) is 26.6. The zero-order chi connectivity index (χ0) is 36.9. The molecule has 0 fully saturated rings. The van der Waals surface area contributed by atoms with Crippen molar-refractivity contribution in [3.05, 3.63) is 208 Å². The number of tetrazole rings is 1. The molecule has 7 heteroatoms.